The molecular formula is C49H57N7O12S2. The summed E-state index contributed by atoms with van der Waals surface area (Å²) in [5.41, 5.74) is 7.45. The number of nitrogens with zero attached hydrogens (tertiary/aromatic N) is 5. The second-order valence-electron chi connectivity index (χ2n) is 19.6. The molecule has 0 radical (unpaired) electrons. The number of hydrogen-bond donors (Lipinski definition) is 3. The number of likely N-dealkylation sites (N-methyl/N-ethyl adjacent to an activating group) is 1. The van der Waals surface area contributed by atoms with Crippen LogP contribution in [0.15, 0.2) is 48.8 Å². The summed E-state index contributed by atoms with van der Waals surface area (Å²) >= 11 is 0. The van der Waals surface area contributed by atoms with Gasteiger partial charge < -0.3 is 14.5 Å². The molecule has 372 valence electrons. The third kappa shape index (κ3) is 10.8. The van der Waals surface area contributed by atoms with Crippen molar-refractivity contribution < 1.29 is 55.6 Å². The molecule has 70 heavy (non-hydrogen) atoms. The molecule has 3 aromatic rings. The number of hydroxylamine groups is 2. The summed E-state index contributed by atoms with van der Waals surface area (Å²) in [4.78, 5) is 74.2. The van der Waals surface area contributed by atoms with Crippen LogP contribution in [0.2, 0.25) is 0 Å². The summed E-state index contributed by atoms with van der Waals surface area (Å²) in [7, 11) is -4.27. The Balaban J connectivity index is 0.854. The molecule has 4 amide bonds. The summed E-state index contributed by atoms with van der Waals surface area (Å²) in [6.45, 7) is 5.36. The molecule has 1 aromatic carbocycles. The number of fused-ring (bicyclic) bond motifs is 2. The highest BCUT2D eigenvalue weighted by molar-refractivity contribution is 7.93. The van der Waals surface area contributed by atoms with Gasteiger partial charge in [-0.1, -0.05) is 35.8 Å². The molecule has 4 atom stereocenters. The fourth-order valence-corrected chi connectivity index (χ4v) is 10.1. The minimum absolute atomic E-state index is 0.0143. The maximum absolute atomic E-state index is 13.4. The monoisotopic (exact) mass is 999 g/mol. The fourth-order valence-electron chi connectivity index (χ4n) is 8.37. The normalized spacial score (nSPS) is 20.3. The standard InChI is InChI=1S/C49H57N7O12S2/c1-46(17-9-8-10-35-24-39-29-53(44(60)55(39)27-35)22-20-47(2,42(58)50-62)69(6,63)64)26-38(46)32-68-51-43(59)48(3,70(7,65)66)21-23-54-30-40-25-36(28-56(40)45(54)61)12-11-34-13-15-37(16-14-34)49(18-19-49)33-67-41(57)31-52(4)5/h13-16,24-25,27-28,38,62H,18-23,26,29-33H2,1-7H3,(H,50,58)(H,51,59)/t38-,46?,47+,48+/m0/s1. The lowest BCUT2D eigenvalue weighted by atomic mass is 9.96. The second kappa shape index (κ2) is 19.4. The lowest BCUT2D eigenvalue weighted by Crippen LogP contribution is -2.51. The van der Waals surface area contributed by atoms with Crippen molar-refractivity contribution in [2.45, 2.75) is 80.9 Å². The zero-order valence-corrected chi connectivity index (χ0v) is 41.8. The average molecular weight is 1000 g/mol. The van der Waals surface area contributed by atoms with Crippen LogP contribution in [0.25, 0.3) is 0 Å². The Kier molecular flexibility index (Phi) is 14.3. The van der Waals surface area contributed by atoms with E-state index in [-0.39, 0.29) is 75.5 Å². The van der Waals surface area contributed by atoms with E-state index in [9.17, 15) is 40.8 Å². The van der Waals surface area contributed by atoms with Crippen LogP contribution in [0, 0.1) is 46.9 Å². The largest absolute Gasteiger partial charge is 0.464 e. The van der Waals surface area contributed by atoms with Crippen molar-refractivity contribution in [2.75, 3.05) is 59.5 Å². The number of esters is 1. The highest BCUT2D eigenvalue weighted by Crippen LogP contribution is 2.51. The van der Waals surface area contributed by atoms with Crippen LogP contribution in [-0.4, -0.2) is 145 Å². The number of nitrogens with one attached hydrogen (secondary N) is 2. The van der Waals surface area contributed by atoms with Crippen LogP contribution in [0.3, 0.4) is 0 Å². The number of rotatable bonds is 18. The topological polar surface area (TPSA) is 236 Å². The smallest absolute Gasteiger partial charge is 0.328 e. The molecule has 3 N–H and O–H groups in total. The van der Waals surface area contributed by atoms with Gasteiger partial charge in [0.2, 0.25) is 0 Å². The predicted molar refractivity (Wildman–Crippen MR) is 255 cm³/mol. The van der Waals surface area contributed by atoms with Crippen molar-refractivity contribution in [3.8, 4) is 35.5 Å². The number of carbonyl (C=O) groups is 5. The first kappa shape index (κ1) is 51.4. The first-order valence-corrected chi connectivity index (χ1v) is 26.3. The Hall–Kier alpha value is -6.41. The first-order valence-electron chi connectivity index (χ1n) is 22.5. The molecule has 2 aliphatic heterocycles. The third-order valence-corrected chi connectivity index (χ3v) is 18.1. The summed E-state index contributed by atoms with van der Waals surface area (Å²) in [6.07, 6.45) is 7.17. The van der Waals surface area contributed by atoms with Crippen LogP contribution >= 0.6 is 0 Å². The van der Waals surface area contributed by atoms with Gasteiger partial charge in [0.25, 0.3) is 11.8 Å². The Bertz CT molecular complexity index is 3050. The van der Waals surface area contributed by atoms with Crippen LogP contribution in [0.4, 0.5) is 9.59 Å². The highest BCUT2D eigenvalue weighted by atomic mass is 32.2. The minimum Gasteiger partial charge on any atom is -0.464 e. The highest BCUT2D eigenvalue weighted by Gasteiger charge is 2.50. The van der Waals surface area contributed by atoms with Crippen LogP contribution in [0.1, 0.15) is 86.5 Å². The molecule has 0 bridgehead atoms. The molecule has 0 saturated heterocycles. The van der Waals surface area contributed by atoms with Crippen molar-refractivity contribution in [3.05, 3.63) is 82.4 Å². The fraction of sp³-hybridized carbons (Fsp3) is 0.490. The summed E-state index contributed by atoms with van der Waals surface area (Å²) < 4.78 is 55.2. The van der Waals surface area contributed by atoms with Crippen LogP contribution in [-0.2, 0) is 62.1 Å². The molecule has 7 rings (SSSR count). The molecule has 0 spiro atoms. The molecule has 4 aliphatic rings. The van der Waals surface area contributed by atoms with Crippen molar-refractivity contribution >= 4 is 49.5 Å². The van der Waals surface area contributed by atoms with Gasteiger partial charge in [-0.05, 0) is 109 Å². The van der Waals surface area contributed by atoms with Gasteiger partial charge in [0, 0.05) is 82.8 Å². The van der Waals surface area contributed by atoms with E-state index in [1.54, 1.807) is 23.4 Å². The molecule has 19 nitrogen and oxygen atoms in total. The van der Waals surface area contributed by atoms with E-state index in [1.165, 1.54) is 38.3 Å². The third-order valence-electron chi connectivity index (χ3n) is 14.0. The molecule has 21 heteroatoms. The van der Waals surface area contributed by atoms with Gasteiger partial charge in [0.05, 0.1) is 26.2 Å². The van der Waals surface area contributed by atoms with E-state index in [0.29, 0.717) is 35.5 Å². The quantitative estimate of drug-likeness (QED) is 0.0720. The van der Waals surface area contributed by atoms with E-state index in [0.717, 1.165) is 36.5 Å². The predicted octanol–water partition coefficient (Wildman–Crippen LogP) is 2.41. The summed E-state index contributed by atoms with van der Waals surface area (Å²) in [5.74, 6) is 15.6. The second-order valence-corrected chi connectivity index (χ2v) is 24.5. The Labute approximate surface area is 407 Å². The van der Waals surface area contributed by atoms with E-state index < -0.39 is 52.4 Å². The molecule has 2 saturated carbocycles. The van der Waals surface area contributed by atoms with Gasteiger partial charge in [-0.3, -0.25) is 38.5 Å². The maximum atomic E-state index is 13.4. The zero-order valence-electron chi connectivity index (χ0n) is 40.2. The number of hydrogen-bond acceptors (Lipinski definition) is 13. The van der Waals surface area contributed by atoms with Crippen LogP contribution < -0.4 is 11.0 Å². The summed E-state index contributed by atoms with van der Waals surface area (Å²) in [6, 6.07) is 10.6. The Morgan fingerprint density at radius 2 is 1.34 bits per heavy atom. The molecule has 2 fully saturated rings. The van der Waals surface area contributed by atoms with Gasteiger partial charge in [0.15, 0.2) is 29.2 Å². The van der Waals surface area contributed by atoms with Crippen molar-refractivity contribution in [1.29, 1.82) is 0 Å². The van der Waals surface area contributed by atoms with Gasteiger partial charge >= 0.3 is 18.0 Å². The van der Waals surface area contributed by atoms with Gasteiger partial charge in [0.1, 0.15) is 6.61 Å². The molecular weight excluding hydrogens is 943 g/mol. The first-order chi connectivity index (χ1) is 32.8. The number of carbonyl (C=O) groups excluding carboxylic acids is 5. The summed E-state index contributed by atoms with van der Waals surface area (Å²) in [5, 5.41) is 9.07. The average Bonchev–Trinajstić information content (AvgIpc) is 3.99. The number of amides is 4. The SMILES string of the molecule is CN(C)CC(=O)OCC1(c2ccc(C#Cc3cc4n(c3)C(=O)N(CC[C@](C)(C(=O)NOC[C@@H]3CC3(C)C#CC#Cc3cc5n(c3)C(=O)N(CC[C@](C)(C(=O)NO)S(C)(=O)=O)C5)S(C)(=O)=O)C4)cc2)CC1. The molecule has 4 heterocycles. The van der Waals surface area contributed by atoms with Crippen molar-refractivity contribution in [3.63, 3.8) is 0 Å². The van der Waals surface area contributed by atoms with E-state index in [4.69, 9.17) is 14.8 Å². The molecule has 1 unspecified atom stereocenters. The number of benzene rings is 1. The lowest BCUT2D eigenvalue weighted by Gasteiger charge is -2.28. The molecule has 2 aromatic heterocycles. The number of sulfone groups is 2. The lowest BCUT2D eigenvalue weighted by molar-refractivity contribution is -0.145. The van der Waals surface area contributed by atoms with Crippen molar-refractivity contribution in [2.24, 2.45) is 11.3 Å². The maximum Gasteiger partial charge on any atom is 0.328 e. The van der Waals surface area contributed by atoms with E-state index >= 15 is 0 Å². The van der Waals surface area contributed by atoms with Gasteiger partial charge in [-0.2, -0.15) is 0 Å². The minimum atomic E-state index is -3.98. The number of ether oxygens (including phenoxy) is 1. The van der Waals surface area contributed by atoms with E-state index in [2.05, 4.69) is 41.0 Å². The Morgan fingerprint density at radius 3 is 1.84 bits per heavy atom. The van der Waals surface area contributed by atoms with Crippen molar-refractivity contribution in [1.82, 2.24) is 34.8 Å². The molecule has 2 aliphatic carbocycles. The Morgan fingerprint density at radius 1 is 0.814 bits per heavy atom. The van der Waals surface area contributed by atoms with Crippen LogP contribution in [0.5, 0.6) is 0 Å². The zero-order chi connectivity index (χ0) is 51.0. The van der Waals surface area contributed by atoms with E-state index in [1.807, 2.05) is 51.4 Å². The van der Waals surface area contributed by atoms with Gasteiger partial charge in [-0.15, -0.1) is 0 Å². The number of aromatic nitrogens is 2. The van der Waals surface area contributed by atoms with Gasteiger partial charge in [-0.25, -0.2) is 37.4 Å².